The van der Waals surface area contributed by atoms with Crippen LogP contribution in [0.15, 0.2) is 54.6 Å². The molecule has 0 aromatic heterocycles. The molecule has 0 saturated heterocycles. The third-order valence-electron chi connectivity index (χ3n) is 6.34. The fraction of sp³-hybridized carbons (Fsp3) is 0.346. The molecule has 4 rings (SSSR count). The smallest absolute Gasteiger partial charge is 0.268 e. The first-order valence-corrected chi connectivity index (χ1v) is 11.8. The zero-order valence-corrected chi connectivity index (χ0v) is 20.2. The molecule has 0 spiro atoms. The van der Waals surface area contributed by atoms with E-state index < -0.39 is 5.60 Å². The van der Waals surface area contributed by atoms with Gasteiger partial charge in [0.15, 0.2) is 0 Å². The second-order valence-corrected chi connectivity index (χ2v) is 8.96. The van der Waals surface area contributed by atoms with E-state index in [1.54, 1.807) is 24.1 Å². The molecule has 0 aliphatic carbocycles. The number of amides is 1. The fourth-order valence-electron chi connectivity index (χ4n) is 4.57. The van der Waals surface area contributed by atoms with E-state index in [0.29, 0.717) is 27.9 Å². The second-order valence-electron chi connectivity index (χ2n) is 8.12. The normalized spacial score (nSPS) is 18.1. The summed E-state index contributed by atoms with van der Waals surface area (Å²) < 4.78 is 6.55. The lowest BCUT2D eigenvalue weighted by Crippen LogP contribution is -2.42. The summed E-state index contributed by atoms with van der Waals surface area (Å²) in [6.45, 7) is 7.61. The van der Waals surface area contributed by atoms with Gasteiger partial charge in [0.05, 0.1) is 17.3 Å². The van der Waals surface area contributed by atoms with Crippen LogP contribution >= 0.6 is 23.2 Å². The monoisotopic (exact) mass is 470 g/mol. The van der Waals surface area contributed by atoms with Crippen molar-refractivity contribution in [2.24, 2.45) is 0 Å². The fourth-order valence-corrected chi connectivity index (χ4v) is 5.19. The van der Waals surface area contributed by atoms with Gasteiger partial charge in [-0.25, -0.2) is 0 Å². The molecular weight excluding hydrogens is 443 g/mol. The van der Waals surface area contributed by atoms with Crippen molar-refractivity contribution < 1.29 is 9.53 Å². The molecule has 168 valence electrons. The number of carbonyl (C=O) groups excluding carboxylic acids is 1. The highest BCUT2D eigenvalue weighted by Crippen LogP contribution is 2.51. The summed E-state index contributed by atoms with van der Waals surface area (Å²) in [4.78, 5) is 17.8. The molecule has 0 radical (unpaired) electrons. The van der Waals surface area contributed by atoms with E-state index in [1.165, 1.54) is 0 Å². The van der Waals surface area contributed by atoms with Gasteiger partial charge in [-0.05, 0) is 54.0 Å². The summed E-state index contributed by atoms with van der Waals surface area (Å²) in [5, 5.41) is 3.07. The van der Waals surface area contributed by atoms with Gasteiger partial charge in [-0.3, -0.25) is 4.79 Å². The van der Waals surface area contributed by atoms with Gasteiger partial charge in [0.2, 0.25) is 5.60 Å². The van der Waals surface area contributed by atoms with Crippen LogP contribution < -0.4 is 4.90 Å². The van der Waals surface area contributed by atoms with Crippen molar-refractivity contribution in [1.82, 2.24) is 4.90 Å². The summed E-state index contributed by atoms with van der Waals surface area (Å²) in [6.07, 6.45) is 0.814. The minimum absolute atomic E-state index is 0.158. The van der Waals surface area contributed by atoms with Crippen molar-refractivity contribution in [3.8, 4) is 0 Å². The summed E-state index contributed by atoms with van der Waals surface area (Å²) in [5.74, 6) is -0.158. The SMILES string of the molecule is CCN(CC)CCCOC1(c2ccc3ccccc3c2)C(=O)N(C)c2cc(Cl)cc(Cl)c21. The van der Waals surface area contributed by atoms with Crippen LogP contribution in [-0.2, 0) is 15.1 Å². The molecule has 1 unspecified atom stereocenters. The van der Waals surface area contributed by atoms with Gasteiger partial charge in [-0.15, -0.1) is 0 Å². The Balaban J connectivity index is 1.82. The quantitative estimate of drug-likeness (QED) is 0.372. The van der Waals surface area contributed by atoms with E-state index in [0.717, 1.165) is 42.4 Å². The van der Waals surface area contributed by atoms with Crippen LogP contribution in [0, 0.1) is 0 Å². The lowest BCUT2D eigenvalue weighted by atomic mass is 9.85. The Morgan fingerprint density at radius 3 is 2.44 bits per heavy atom. The summed E-state index contributed by atoms with van der Waals surface area (Å²) in [6, 6.07) is 17.6. The Labute approximate surface area is 199 Å². The second kappa shape index (κ2) is 9.40. The van der Waals surface area contributed by atoms with Gasteiger partial charge in [-0.2, -0.15) is 0 Å². The van der Waals surface area contributed by atoms with Gasteiger partial charge in [0.1, 0.15) is 0 Å². The first-order valence-electron chi connectivity index (χ1n) is 11.1. The highest BCUT2D eigenvalue weighted by molar-refractivity contribution is 6.37. The lowest BCUT2D eigenvalue weighted by Gasteiger charge is -2.30. The van der Waals surface area contributed by atoms with Crippen LogP contribution in [-0.4, -0.2) is 44.1 Å². The van der Waals surface area contributed by atoms with E-state index in [-0.39, 0.29) is 5.91 Å². The number of benzene rings is 3. The Kier molecular flexibility index (Phi) is 6.78. The number of ether oxygens (including phenoxy) is 1. The van der Waals surface area contributed by atoms with E-state index >= 15 is 0 Å². The molecule has 3 aromatic carbocycles. The largest absolute Gasteiger partial charge is 0.356 e. The Morgan fingerprint density at radius 2 is 1.72 bits per heavy atom. The average Bonchev–Trinajstić information content (AvgIpc) is 3.01. The molecule has 4 nitrogen and oxygen atoms in total. The molecule has 6 heteroatoms. The van der Waals surface area contributed by atoms with Crippen molar-refractivity contribution >= 4 is 45.6 Å². The molecule has 0 saturated carbocycles. The molecule has 0 bridgehead atoms. The van der Waals surface area contributed by atoms with Crippen LogP contribution in [0.5, 0.6) is 0 Å². The molecule has 1 aliphatic heterocycles. The molecule has 1 heterocycles. The van der Waals surface area contributed by atoms with Crippen molar-refractivity contribution in [3.63, 3.8) is 0 Å². The molecule has 32 heavy (non-hydrogen) atoms. The number of rotatable bonds is 8. The minimum Gasteiger partial charge on any atom is -0.356 e. The maximum Gasteiger partial charge on any atom is 0.268 e. The van der Waals surface area contributed by atoms with Crippen molar-refractivity contribution in [1.29, 1.82) is 0 Å². The number of halogens is 2. The van der Waals surface area contributed by atoms with Gasteiger partial charge in [0, 0.05) is 24.2 Å². The van der Waals surface area contributed by atoms with Crippen molar-refractivity contribution in [2.45, 2.75) is 25.9 Å². The lowest BCUT2D eigenvalue weighted by molar-refractivity contribution is -0.138. The predicted octanol–water partition coefficient (Wildman–Crippen LogP) is 6.12. The number of anilines is 1. The van der Waals surface area contributed by atoms with E-state index in [1.807, 2.05) is 36.4 Å². The van der Waals surface area contributed by atoms with E-state index in [9.17, 15) is 4.79 Å². The highest BCUT2D eigenvalue weighted by Gasteiger charge is 2.54. The average molecular weight is 471 g/mol. The number of likely N-dealkylation sites (N-methyl/N-ethyl adjacent to an activating group) is 1. The van der Waals surface area contributed by atoms with Crippen molar-refractivity contribution in [3.05, 3.63) is 75.8 Å². The third kappa shape index (κ3) is 3.90. The summed E-state index contributed by atoms with van der Waals surface area (Å²) in [5.41, 5.74) is 0.816. The molecule has 1 aliphatic rings. The molecule has 0 fully saturated rings. The Morgan fingerprint density at radius 1 is 1.00 bits per heavy atom. The van der Waals surface area contributed by atoms with Crippen molar-refractivity contribution in [2.75, 3.05) is 38.2 Å². The van der Waals surface area contributed by atoms with Crippen LogP contribution in [0.1, 0.15) is 31.4 Å². The van der Waals surface area contributed by atoms with Gasteiger partial charge >= 0.3 is 0 Å². The number of hydrogen-bond acceptors (Lipinski definition) is 3. The van der Waals surface area contributed by atoms with Gasteiger partial charge in [-0.1, -0.05) is 73.4 Å². The zero-order chi connectivity index (χ0) is 22.9. The first-order chi connectivity index (χ1) is 15.4. The number of carbonyl (C=O) groups is 1. The third-order valence-corrected chi connectivity index (χ3v) is 6.86. The van der Waals surface area contributed by atoms with Crippen LogP contribution in [0.25, 0.3) is 10.8 Å². The molecular formula is C26H28Cl2N2O2. The molecule has 1 atom stereocenters. The van der Waals surface area contributed by atoms with E-state index in [2.05, 4.69) is 24.8 Å². The standard InChI is InChI=1S/C26H28Cl2N2O2/c1-4-30(5-2)13-8-14-32-26(20-12-11-18-9-6-7-10-19(18)15-20)24-22(28)16-21(27)17-23(24)29(3)25(26)31/h6-7,9-12,15-17H,4-5,8,13-14H2,1-3H3. The first kappa shape index (κ1) is 23.1. The zero-order valence-electron chi connectivity index (χ0n) is 18.7. The molecule has 1 amide bonds. The van der Waals surface area contributed by atoms with Gasteiger partial charge in [0.25, 0.3) is 5.91 Å². The minimum atomic E-state index is -1.31. The topological polar surface area (TPSA) is 32.8 Å². The maximum atomic E-state index is 13.8. The van der Waals surface area contributed by atoms with Crippen LogP contribution in [0.4, 0.5) is 5.69 Å². The Bertz CT molecular complexity index is 1150. The summed E-state index contributed by atoms with van der Waals surface area (Å²) >= 11 is 13.0. The number of fused-ring (bicyclic) bond motifs is 2. The predicted molar refractivity (Wildman–Crippen MR) is 133 cm³/mol. The number of hydrogen-bond donors (Lipinski definition) is 0. The van der Waals surface area contributed by atoms with Crippen LogP contribution in [0.3, 0.4) is 0 Å². The molecule has 3 aromatic rings. The van der Waals surface area contributed by atoms with Gasteiger partial charge < -0.3 is 14.5 Å². The summed E-state index contributed by atoms with van der Waals surface area (Å²) in [7, 11) is 1.75. The van der Waals surface area contributed by atoms with Crippen LogP contribution in [0.2, 0.25) is 10.0 Å². The number of nitrogens with zero attached hydrogens (tertiary/aromatic N) is 2. The maximum absolute atomic E-state index is 13.8. The molecule has 0 N–H and O–H groups in total. The highest BCUT2D eigenvalue weighted by atomic mass is 35.5. The Hall–Kier alpha value is -2.11. The van der Waals surface area contributed by atoms with E-state index in [4.69, 9.17) is 27.9 Å².